The van der Waals surface area contributed by atoms with E-state index >= 15 is 0 Å². The Hall–Kier alpha value is -3.01. The lowest BCUT2D eigenvalue weighted by Crippen LogP contribution is -2.28. The summed E-state index contributed by atoms with van der Waals surface area (Å²) in [6, 6.07) is 13.0. The Morgan fingerprint density at radius 1 is 1.06 bits per heavy atom. The fourth-order valence-corrected chi connectivity index (χ4v) is 5.39. The second-order valence-corrected chi connectivity index (χ2v) is 9.86. The van der Waals surface area contributed by atoms with E-state index in [-0.39, 0.29) is 16.4 Å². The van der Waals surface area contributed by atoms with Gasteiger partial charge in [-0.15, -0.1) is 0 Å². The lowest BCUT2D eigenvalue weighted by molar-refractivity contribution is 0.0995. The molecule has 174 valence electrons. The van der Waals surface area contributed by atoms with E-state index in [4.69, 9.17) is 25.5 Å². The average molecular weight is 491 g/mol. The standard InChI is InChI=1S/C23H23ClN2O6S/c1-15-22(33(28,29)26-11-3-4-12-26)14-21(31-15)23(27)25-19-13-16(24)5-10-20(19)32-18-8-6-17(30-2)7-9-18/h5-10,13-14H,3-4,11-12H2,1-2H3,(H,25,27). The molecule has 1 N–H and O–H groups in total. The molecule has 2 heterocycles. The summed E-state index contributed by atoms with van der Waals surface area (Å²) in [4.78, 5) is 12.9. The zero-order valence-corrected chi connectivity index (χ0v) is 19.7. The van der Waals surface area contributed by atoms with Crippen LogP contribution in [0.3, 0.4) is 0 Å². The molecule has 33 heavy (non-hydrogen) atoms. The van der Waals surface area contributed by atoms with Gasteiger partial charge in [0, 0.05) is 24.2 Å². The highest BCUT2D eigenvalue weighted by molar-refractivity contribution is 7.89. The summed E-state index contributed by atoms with van der Waals surface area (Å²) in [6.07, 6.45) is 1.63. The van der Waals surface area contributed by atoms with Crippen molar-refractivity contribution >= 4 is 33.2 Å². The largest absolute Gasteiger partial charge is 0.497 e. The third-order valence-corrected chi connectivity index (χ3v) is 7.50. The van der Waals surface area contributed by atoms with E-state index in [0.717, 1.165) is 12.8 Å². The maximum absolute atomic E-state index is 12.9. The molecule has 1 amide bonds. The maximum Gasteiger partial charge on any atom is 0.291 e. The van der Waals surface area contributed by atoms with E-state index in [1.54, 1.807) is 43.5 Å². The molecule has 0 atom stereocenters. The van der Waals surface area contributed by atoms with Gasteiger partial charge in [0.2, 0.25) is 10.0 Å². The molecule has 0 saturated carbocycles. The minimum atomic E-state index is -3.71. The van der Waals surface area contributed by atoms with Gasteiger partial charge in [-0.05, 0) is 62.2 Å². The summed E-state index contributed by atoms with van der Waals surface area (Å²) in [6.45, 7) is 2.45. The van der Waals surface area contributed by atoms with Gasteiger partial charge in [-0.1, -0.05) is 11.6 Å². The van der Waals surface area contributed by atoms with Gasteiger partial charge in [0.25, 0.3) is 5.91 Å². The number of methoxy groups -OCH3 is 1. The number of ether oxygens (including phenoxy) is 2. The van der Waals surface area contributed by atoms with Crippen LogP contribution in [0.1, 0.15) is 29.2 Å². The van der Waals surface area contributed by atoms with Crippen LogP contribution in [0.5, 0.6) is 17.2 Å². The molecule has 1 fully saturated rings. The minimum absolute atomic E-state index is 0.00431. The van der Waals surface area contributed by atoms with Crippen molar-refractivity contribution in [1.29, 1.82) is 0 Å². The molecule has 8 nitrogen and oxygen atoms in total. The first kappa shape index (κ1) is 23.2. The van der Waals surface area contributed by atoms with Crippen molar-refractivity contribution in [2.45, 2.75) is 24.7 Å². The van der Waals surface area contributed by atoms with Crippen LogP contribution in [0.25, 0.3) is 0 Å². The first-order valence-corrected chi connectivity index (χ1v) is 12.1. The topological polar surface area (TPSA) is 98.1 Å². The van der Waals surface area contributed by atoms with Gasteiger partial charge < -0.3 is 19.2 Å². The minimum Gasteiger partial charge on any atom is -0.497 e. The van der Waals surface area contributed by atoms with Gasteiger partial charge in [-0.3, -0.25) is 4.79 Å². The second-order valence-electron chi connectivity index (χ2n) is 7.51. The number of amides is 1. The average Bonchev–Trinajstić information content (AvgIpc) is 3.47. The van der Waals surface area contributed by atoms with Gasteiger partial charge in [-0.2, -0.15) is 4.31 Å². The summed E-state index contributed by atoms with van der Waals surface area (Å²) in [5.41, 5.74) is 0.307. The molecule has 0 spiro atoms. The van der Waals surface area contributed by atoms with E-state index in [9.17, 15) is 13.2 Å². The van der Waals surface area contributed by atoms with Crippen molar-refractivity contribution in [2.75, 3.05) is 25.5 Å². The van der Waals surface area contributed by atoms with E-state index in [0.29, 0.717) is 41.0 Å². The van der Waals surface area contributed by atoms with Crippen molar-refractivity contribution in [3.05, 3.63) is 65.1 Å². The normalized spacial score (nSPS) is 14.3. The lowest BCUT2D eigenvalue weighted by Gasteiger charge is -2.14. The second kappa shape index (κ2) is 9.46. The Morgan fingerprint density at radius 3 is 2.39 bits per heavy atom. The number of carbonyl (C=O) groups is 1. The third-order valence-electron chi connectivity index (χ3n) is 5.26. The Morgan fingerprint density at radius 2 is 1.73 bits per heavy atom. The fraction of sp³-hybridized carbons (Fsp3) is 0.261. The smallest absolute Gasteiger partial charge is 0.291 e. The third kappa shape index (κ3) is 5.00. The number of aryl methyl sites for hydroxylation is 1. The molecule has 2 aromatic carbocycles. The Bertz CT molecular complexity index is 1260. The van der Waals surface area contributed by atoms with Crippen molar-refractivity contribution in [3.8, 4) is 17.2 Å². The number of nitrogens with zero attached hydrogens (tertiary/aromatic N) is 1. The molecule has 10 heteroatoms. The number of anilines is 1. The predicted octanol–water partition coefficient (Wildman–Crippen LogP) is 5.08. The van der Waals surface area contributed by atoms with Crippen molar-refractivity contribution in [2.24, 2.45) is 0 Å². The molecule has 0 unspecified atom stereocenters. The van der Waals surface area contributed by atoms with Crippen molar-refractivity contribution < 1.29 is 27.1 Å². The van der Waals surface area contributed by atoms with Crippen LogP contribution in [0.15, 0.2) is 57.8 Å². The van der Waals surface area contributed by atoms with Crippen LogP contribution >= 0.6 is 11.6 Å². The lowest BCUT2D eigenvalue weighted by atomic mass is 10.2. The van der Waals surface area contributed by atoms with Crippen LogP contribution in [0.2, 0.25) is 5.02 Å². The van der Waals surface area contributed by atoms with E-state index in [1.165, 1.54) is 23.4 Å². The van der Waals surface area contributed by atoms with E-state index < -0.39 is 15.9 Å². The molecule has 4 rings (SSSR count). The summed E-state index contributed by atoms with van der Waals surface area (Å²) in [7, 11) is -2.14. The van der Waals surface area contributed by atoms with Gasteiger partial charge >= 0.3 is 0 Å². The number of hydrogen-bond donors (Lipinski definition) is 1. The number of halogens is 1. The fourth-order valence-electron chi connectivity index (χ4n) is 3.54. The van der Waals surface area contributed by atoms with E-state index in [1.807, 2.05) is 0 Å². The van der Waals surface area contributed by atoms with Crippen LogP contribution in [-0.4, -0.2) is 38.8 Å². The molecule has 3 aromatic rings. The molecule has 1 aliphatic heterocycles. The molecule has 1 aromatic heterocycles. The zero-order valence-electron chi connectivity index (χ0n) is 18.1. The SMILES string of the molecule is COc1ccc(Oc2ccc(Cl)cc2NC(=O)c2cc(S(=O)(=O)N3CCCC3)c(C)o2)cc1. The number of furan rings is 1. The van der Waals surface area contributed by atoms with E-state index in [2.05, 4.69) is 5.32 Å². The van der Waals surface area contributed by atoms with Crippen LogP contribution in [0, 0.1) is 6.92 Å². The van der Waals surface area contributed by atoms with Crippen molar-refractivity contribution in [3.63, 3.8) is 0 Å². The van der Waals surface area contributed by atoms with Crippen LogP contribution in [0.4, 0.5) is 5.69 Å². The highest BCUT2D eigenvalue weighted by Crippen LogP contribution is 2.34. The maximum atomic E-state index is 12.9. The summed E-state index contributed by atoms with van der Waals surface area (Å²) in [5, 5.41) is 3.09. The molecule has 0 aliphatic carbocycles. The number of carbonyl (C=O) groups excluding carboxylic acids is 1. The number of hydrogen-bond acceptors (Lipinski definition) is 6. The van der Waals surface area contributed by atoms with Gasteiger partial charge in [0.15, 0.2) is 11.5 Å². The molecular weight excluding hydrogens is 468 g/mol. The van der Waals surface area contributed by atoms with Crippen LogP contribution < -0.4 is 14.8 Å². The molecule has 1 aliphatic rings. The van der Waals surface area contributed by atoms with Crippen molar-refractivity contribution in [1.82, 2.24) is 4.31 Å². The Labute approximate surface area is 197 Å². The highest BCUT2D eigenvalue weighted by atomic mass is 35.5. The number of nitrogens with one attached hydrogen (secondary N) is 1. The zero-order chi connectivity index (χ0) is 23.6. The monoisotopic (exact) mass is 490 g/mol. The van der Waals surface area contributed by atoms with Crippen LogP contribution in [-0.2, 0) is 10.0 Å². The molecule has 1 saturated heterocycles. The predicted molar refractivity (Wildman–Crippen MR) is 124 cm³/mol. The highest BCUT2D eigenvalue weighted by Gasteiger charge is 2.32. The molecule has 0 radical (unpaired) electrons. The number of sulfonamides is 1. The summed E-state index contributed by atoms with van der Waals surface area (Å²) in [5.74, 6) is 0.976. The molecule has 0 bridgehead atoms. The number of benzene rings is 2. The van der Waals surface area contributed by atoms with Gasteiger partial charge in [-0.25, -0.2) is 8.42 Å². The summed E-state index contributed by atoms with van der Waals surface area (Å²) < 4.78 is 43.7. The Balaban J connectivity index is 1.57. The summed E-state index contributed by atoms with van der Waals surface area (Å²) >= 11 is 6.12. The first-order valence-electron chi connectivity index (χ1n) is 10.3. The Kier molecular flexibility index (Phi) is 6.64. The first-order chi connectivity index (χ1) is 15.8. The van der Waals surface area contributed by atoms with Gasteiger partial charge in [0.1, 0.15) is 22.2 Å². The molecular formula is C23H23ClN2O6S. The quantitative estimate of drug-likeness (QED) is 0.496. The number of rotatable bonds is 7. The van der Waals surface area contributed by atoms with Gasteiger partial charge in [0.05, 0.1) is 12.8 Å².